The normalized spacial score (nSPS) is 16.1. The predicted molar refractivity (Wildman–Crippen MR) is 83.2 cm³/mol. The van der Waals surface area contributed by atoms with E-state index in [1.165, 1.54) is 19.5 Å². The van der Waals surface area contributed by atoms with E-state index in [9.17, 15) is 9.59 Å². The summed E-state index contributed by atoms with van der Waals surface area (Å²) in [6, 6.07) is 0. The Balaban J connectivity index is 1.91. The third kappa shape index (κ3) is 4.64. The number of methoxy groups -OCH3 is 1. The number of ether oxygens (including phenoxy) is 2. The number of hydrogen-bond acceptors (Lipinski definition) is 6. The molecule has 1 fully saturated rings. The molecule has 7 heteroatoms. The van der Waals surface area contributed by atoms with Crippen LogP contribution in [0.2, 0.25) is 0 Å². The van der Waals surface area contributed by atoms with Crippen molar-refractivity contribution in [3.63, 3.8) is 0 Å². The fourth-order valence-electron chi connectivity index (χ4n) is 2.42. The summed E-state index contributed by atoms with van der Waals surface area (Å²) in [5.41, 5.74) is -0.150. The number of rotatable bonds is 2. The Bertz CT molecular complexity index is 558. The number of esters is 1. The maximum Gasteiger partial charge on any atom is 0.410 e. The minimum atomic E-state index is -0.485. The van der Waals surface area contributed by atoms with Crippen LogP contribution in [0.4, 0.5) is 4.79 Å². The number of likely N-dealkylation sites (tertiary alicyclic amines) is 1. The summed E-state index contributed by atoms with van der Waals surface area (Å²) in [4.78, 5) is 33.6. The molecule has 0 radical (unpaired) electrons. The number of aromatic nitrogens is 2. The zero-order valence-corrected chi connectivity index (χ0v) is 14.0. The molecular weight excluding hydrogens is 298 g/mol. The summed E-state index contributed by atoms with van der Waals surface area (Å²) in [6.45, 7) is 6.79. The Morgan fingerprint density at radius 1 is 1.17 bits per heavy atom. The molecule has 1 saturated heterocycles. The van der Waals surface area contributed by atoms with Crippen LogP contribution in [0.3, 0.4) is 0 Å². The number of piperidine rings is 1. The molecule has 1 aliphatic rings. The molecule has 2 rings (SSSR count). The Kier molecular flexibility index (Phi) is 5.18. The third-order valence-electron chi connectivity index (χ3n) is 3.60. The van der Waals surface area contributed by atoms with Gasteiger partial charge in [0, 0.05) is 31.4 Å². The number of nitrogens with zero attached hydrogens (tertiary/aromatic N) is 3. The first-order chi connectivity index (χ1) is 10.8. The largest absolute Gasteiger partial charge is 0.465 e. The van der Waals surface area contributed by atoms with Gasteiger partial charge in [-0.15, -0.1) is 0 Å². The molecular formula is C16H23N3O4. The molecule has 0 aliphatic carbocycles. The molecule has 2 heterocycles. The second-order valence-electron chi connectivity index (χ2n) is 6.56. The topological polar surface area (TPSA) is 81.6 Å². The van der Waals surface area contributed by atoms with Gasteiger partial charge in [0.2, 0.25) is 0 Å². The summed E-state index contributed by atoms with van der Waals surface area (Å²) < 4.78 is 10.0. The summed E-state index contributed by atoms with van der Waals surface area (Å²) >= 11 is 0. The smallest absolute Gasteiger partial charge is 0.410 e. The molecule has 126 valence electrons. The lowest BCUT2D eigenvalue weighted by Crippen LogP contribution is -2.41. The van der Waals surface area contributed by atoms with Crippen LogP contribution < -0.4 is 0 Å². The average Bonchev–Trinajstić information content (AvgIpc) is 2.53. The quantitative estimate of drug-likeness (QED) is 0.778. The van der Waals surface area contributed by atoms with Crippen LogP contribution in [0.25, 0.3) is 0 Å². The third-order valence-corrected chi connectivity index (χ3v) is 3.60. The van der Waals surface area contributed by atoms with Crippen molar-refractivity contribution in [2.75, 3.05) is 20.2 Å². The molecule has 0 saturated carbocycles. The first-order valence-electron chi connectivity index (χ1n) is 7.68. The summed E-state index contributed by atoms with van der Waals surface area (Å²) in [5, 5.41) is 0. The number of amides is 1. The predicted octanol–water partition coefficient (Wildman–Crippen LogP) is 2.38. The fourth-order valence-corrected chi connectivity index (χ4v) is 2.42. The first kappa shape index (κ1) is 17.2. The van der Waals surface area contributed by atoms with Crippen molar-refractivity contribution in [3.8, 4) is 0 Å². The van der Waals surface area contributed by atoms with Crippen molar-refractivity contribution < 1.29 is 19.1 Å². The van der Waals surface area contributed by atoms with E-state index in [1.807, 2.05) is 20.8 Å². The fraction of sp³-hybridized carbons (Fsp3) is 0.625. The standard InChI is InChI=1S/C16H23N3O4/c1-16(2,3)23-15(21)19-7-5-11(6-8-19)13-17-9-12(10-18-13)14(20)22-4/h9-11H,5-8H2,1-4H3. The van der Waals surface area contributed by atoms with Crippen LogP contribution in [-0.2, 0) is 9.47 Å². The van der Waals surface area contributed by atoms with Crippen LogP contribution in [0.5, 0.6) is 0 Å². The SMILES string of the molecule is COC(=O)c1cnc(C2CCN(C(=O)OC(C)(C)C)CC2)nc1. The van der Waals surface area contributed by atoms with E-state index in [-0.39, 0.29) is 12.0 Å². The van der Waals surface area contributed by atoms with E-state index in [0.717, 1.165) is 12.8 Å². The lowest BCUT2D eigenvalue weighted by atomic mass is 9.96. The highest BCUT2D eigenvalue weighted by Crippen LogP contribution is 2.26. The highest BCUT2D eigenvalue weighted by Gasteiger charge is 2.28. The Morgan fingerprint density at radius 2 is 1.74 bits per heavy atom. The monoisotopic (exact) mass is 321 g/mol. The van der Waals surface area contributed by atoms with Crippen LogP contribution in [-0.4, -0.2) is 52.7 Å². The Morgan fingerprint density at radius 3 is 2.22 bits per heavy atom. The summed E-state index contributed by atoms with van der Waals surface area (Å²) in [5.74, 6) is 0.429. The molecule has 1 aromatic rings. The lowest BCUT2D eigenvalue weighted by Gasteiger charge is -2.32. The molecule has 0 spiro atoms. The van der Waals surface area contributed by atoms with Gasteiger partial charge in [-0.2, -0.15) is 0 Å². The average molecular weight is 321 g/mol. The van der Waals surface area contributed by atoms with Crippen molar-refractivity contribution in [1.29, 1.82) is 0 Å². The van der Waals surface area contributed by atoms with Crippen LogP contribution in [0, 0.1) is 0 Å². The first-order valence-corrected chi connectivity index (χ1v) is 7.68. The number of hydrogen-bond donors (Lipinski definition) is 0. The minimum Gasteiger partial charge on any atom is -0.465 e. The summed E-state index contributed by atoms with van der Waals surface area (Å²) in [7, 11) is 1.32. The zero-order valence-electron chi connectivity index (χ0n) is 14.0. The van der Waals surface area contributed by atoms with E-state index in [4.69, 9.17) is 4.74 Å². The number of carbonyl (C=O) groups excluding carboxylic acids is 2. The van der Waals surface area contributed by atoms with Gasteiger partial charge in [0.05, 0.1) is 12.7 Å². The summed E-state index contributed by atoms with van der Waals surface area (Å²) in [6.07, 6.45) is 4.23. The van der Waals surface area contributed by atoms with E-state index in [0.29, 0.717) is 24.5 Å². The molecule has 0 bridgehead atoms. The van der Waals surface area contributed by atoms with Gasteiger partial charge < -0.3 is 14.4 Å². The maximum absolute atomic E-state index is 12.0. The van der Waals surface area contributed by atoms with E-state index >= 15 is 0 Å². The minimum absolute atomic E-state index is 0.181. The molecule has 0 atom stereocenters. The van der Waals surface area contributed by atoms with Gasteiger partial charge >= 0.3 is 12.1 Å². The van der Waals surface area contributed by atoms with Crippen molar-refractivity contribution in [2.45, 2.75) is 45.1 Å². The second-order valence-corrected chi connectivity index (χ2v) is 6.56. The molecule has 1 aromatic heterocycles. The highest BCUT2D eigenvalue weighted by molar-refractivity contribution is 5.88. The Labute approximate surface area is 136 Å². The number of carbonyl (C=O) groups is 2. The van der Waals surface area contributed by atoms with Gasteiger partial charge in [-0.1, -0.05) is 0 Å². The van der Waals surface area contributed by atoms with Gasteiger partial charge in [-0.25, -0.2) is 19.6 Å². The van der Waals surface area contributed by atoms with Gasteiger partial charge in [0.15, 0.2) is 0 Å². The zero-order chi connectivity index (χ0) is 17.0. The molecule has 0 unspecified atom stereocenters. The molecule has 0 aromatic carbocycles. The highest BCUT2D eigenvalue weighted by atomic mass is 16.6. The van der Waals surface area contributed by atoms with Crippen molar-refractivity contribution in [2.24, 2.45) is 0 Å². The van der Waals surface area contributed by atoms with Crippen molar-refractivity contribution in [1.82, 2.24) is 14.9 Å². The molecule has 0 N–H and O–H groups in total. The van der Waals surface area contributed by atoms with Gasteiger partial charge in [-0.05, 0) is 33.6 Å². The van der Waals surface area contributed by atoms with Crippen LogP contribution in [0.1, 0.15) is 55.7 Å². The lowest BCUT2D eigenvalue weighted by molar-refractivity contribution is 0.0202. The van der Waals surface area contributed by atoms with E-state index in [1.54, 1.807) is 4.90 Å². The van der Waals surface area contributed by atoms with E-state index in [2.05, 4.69) is 14.7 Å². The molecule has 23 heavy (non-hydrogen) atoms. The maximum atomic E-state index is 12.0. The van der Waals surface area contributed by atoms with Gasteiger partial charge in [0.1, 0.15) is 11.4 Å². The van der Waals surface area contributed by atoms with E-state index < -0.39 is 11.6 Å². The van der Waals surface area contributed by atoms with Crippen molar-refractivity contribution >= 4 is 12.1 Å². The van der Waals surface area contributed by atoms with Gasteiger partial charge in [0.25, 0.3) is 0 Å². The second kappa shape index (κ2) is 6.93. The molecule has 1 amide bonds. The van der Waals surface area contributed by atoms with Crippen molar-refractivity contribution in [3.05, 3.63) is 23.8 Å². The molecule has 1 aliphatic heterocycles. The van der Waals surface area contributed by atoms with Crippen LogP contribution in [0.15, 0.2) is 12.4 Å². The van der Waals surface area contributed by atoms with Gasteiger partial charge in [-0.3, -0.25) is 0 Å². The Hall–Kier alpha value is -2.18. The van der Waals surface area contributed by atoms with Crippen LogP contribution >= 0.6 is 0 Å². The molecule has 7 nitrogen and oxygen atoms in total.